The second-order valence-electron chi connectivity index (χ2n) is 5.59. The van der Waals surface area contributed by atoms with Gasteiger partial charge in [-0.25, -0.2) is 4.99 Å². The number of rotatable bonds is 6. The van der Waals surface area contributed by atoms with Crippen molar-refractivity contribution in [2.45, 2.75) is 26.8 Å². The molecule has 0 amide bonds. The van der Waals surface area contributed by atoms with Gasteiger partial charge in [-0.05, 0) is 55.0 Å². The molecule has 2 aromatic rings. The highest BCUT2D eigenvalue weighted by Gasteiger charge is 2.12. The van der Waals surface area contributed by atoms with Crippen molar-refractivity contribution >= 4 is 41.3 Å². The van der Waals surface area contributed by atoms with Crippen molar-refractivity contribution < 1.29 is 9.47 Å². The predicted molar refractivity (Wildman–Crippen MR) is 114 cm³/mol. The molecule has 1 aromatic carbocycles. The highest BCUT2D eigenvalue weighted by molar-refractivity contribution is 14.0. The molecule has 0 unspecified atom stereocenters. The van der Waals surface area contributed by atoms with Gasteiger partial charge in [0.2, 0.25) is 6.79 Å². The van der Waals surface area contributed by atoms with E-state index in [0.717, 1.165) is 37.0 Å². The first kappa shape index (κ1) is 19.8. The molecule has 1 aliphatic heterocycles. The van der Waals surface area contributed by atoms with Crippen molar-refractivity contribution in [2.75, 3.05) is 19.9 Å². The summed E-state index contributed by atoms with van der Waals surface area (Å²) >= 11 is 1.75. The van der Waals surface area contributed by atoms with Crippen LogP contribution in [0.15, 0.2) is 34.6 Å². The lowest BCUT2D eigenvalue weighted by molar-refractivity contribution is 0.174. The first-order chi connectivity index (χ1) is 11.8. The Hall–Kier alpha value is -1.48. The SMILES string of the molecule is CCNC(=NCc1sccc1C)NCCc1ccc2c(c1)OCO2.I. The number of thiophene rings is 1. The van der Waals surface area contributed by atoms with E-state index >= 15 is 0 Å². The molecule has 0 aliphatic carbocycles. The Bertz CT molecular complexity index is 718. The van der Waals surface area contributed by atoms with Crippen molar-refractivity contribution in [1.29, 1.82) is 0 Å². The van der Waals surface area contributed by atoms with Crippen LogP contribution in [0.2, 0.25) is 0 Å². The van der Waals surface area contributed by atoms with E-state index in [2.05, 4.69) is 47.0 Å². The summed E-state index contributed by atoms with van der Waals surface area (Å²) in [4.78, 5) is 5.97. The van der Waals surface area contributed by atoms with Crippen LogP contribution < -0.4 is 20.1 Å². The molecular formula is C18H24IN3O2S. The molecule has 0 radical (unpaired) electrons. The molecule has 2 heterocycles. The summed E-state index contributed by atoms with van der Waals surface area (Å²) in [6.45, 7) is 6.89. The number of ether oxygens (including phenoxy) is 2. The normalized spacial score (nSPS) is 12.6. The zero-order valence-electron chi connectivity index (χ0n) is 14.5. The maximum Gasteiger partial charge on any atom is 0.231 e. The van der Waals surface area contributed by atoms with Gasteiger partial charge in [-0.15, -0.1) is 35.3 Å². The summed E-state index contributed by atoms with van der Waals surface area (Å²) in [7, 11) is 0. The Morgan fingerprint density at radius 1 is 1.20 bits per heavy atom. The lowest BCUT2D eigenvalue weighted by Gasteiger charge is -2.11. The van der Waals surface area contributed by atoms with Gasteiger partial charge < -0.3 is 20.1 Å². The van der Waals surface area contributed by atoms with Gasteiger partial charge in [0.1, 0.15) is 0 Å². The lowest BCUT2D eigenvalue weighted by atomic mass is 10.1. The highest BCUT2D eigenvalue weighted by Crippen LogP contribution is 2.32. The molecule has 0 bridgehead atoms. The van der Waals surface area contributed by atoms with Gasteiger partial charge in [0.05, 0.1) is 6.54 Å². The fraction of sp³-hybridized carbons (Fsp3) is 0.389. The van der Waals surface area contributed by atoms with E-state index in [1.165, 1.54) is 16.0 Å². The number of hydrogen-bond acceptors (Lipinski definition) is 4. The van der Waals surface area contributed by atoms with Crippen LogP contribution >= 0.6 is 35.3 Å². The Balaban J connectivity index is 0.00000225. The molecule has 0 saturated heterocycles. The molecule has 1 aliphatic rings. The number of fused-ring (bicyclic) bond motifs is 1. The molecule has 0 atom stereocenters. The smallest absolute Gasteiger partial charge is 0.231 e. The highest BCUT2D eigenvalue weighted by atomic mass is 127. The van der Waals surface area contributed by atoms with Crippen molar-refractivity contribution in [3.8, 4) is 11.5 Å². The van der Waals surface area contributed by atoms with Gasteiger partial charge in [0.25, 0.3) is 0 Å². The van der Waals surface area contributed by atoms with E-state index in [-0.39, 0.29) is 24.0 Å². The van der Waals surface area contributed by atoms with Crippen LogP contribution in [0.1, 0.15) is 22.9 Å². The van der Waals surface area contributed by atoms with Crippen molar-refractivity contribution in [1.82, 2.24) is 10.6 Å². The molecule has 0 spiro atoms. The van der Waals surface area contributed by atoms with E-state index < -0.39 is 0 Å². The molecule has 7 heteroatoms. The zero-order chi connectivity index (χ0) is 16.8. The van der Waals surface area contributed by atoms with Gasteiger partial charge in [-0.3, -0.25) is 0 Å². The number of nitrogens with one attached hydrogen (secondary N) is 2. The number of benzene rings is 1. The largest absolute Gasteiger partial charge is 0.454 e. The van der Waals surface area contributed by atoms with Crippen LogP contribution in [-0.2, 0) is 13.0 Å². The maximum absolute atomic E-state index is 5.42. The van der Waals surface area contributed by atoms with E-state index in [1.807, 2.05) is 12.1 Å². The molecule has 25 heavy (non-hydrogen) atoms. The van der Waals surface area contributed by atoms with E-state index in [9.17, 15) is 0 Å². The monoisotopic (exact) mass is 473 g/mol. The fourth-order valence-corrected chi connectivity index (χ4v) is 3.31. The first-order valence-corrected chi connectivity index (χ1v) is 9.08. The first-order valence-electron chi connectivity index (χ1n) is 8.20. The number of aliphatic imine (C=N–C) groups is 1. The number of guanidine groups is 1. The Morgan fingerprint density at radius 2 is 2.04 bits per heavy atom. The molecule has 0 fully saturated rings. The summed E-state index contributed by atoms with van der Waals surface area (Å²) in [6.07, 6.45) is 0.902. The average molecular weight is 473 g/mol. The van der Waals surface area contributed by atoms with Gasteiger partial charge >= 0.3 is 0 Å². The predicted octanol–water partition coefficient (Wildman–Crippen LogP) is 3.70. The van der Waals surface area contributed by atoms with Crippen LogP contribution in [-0.4, -0.2) is 25.8 Å². The average Bonchev–Trinajstić information content (AvgIpc) is 3.21. The fourth-order valence-electron chi connectivity index (χ4n) is 2.48. The van der Waals surface area contributed by atoms with Crippen molar-refractivity contribution in [3.05, 3.63) is 45.6 Å². The minimum Gasteiger partial charge on any atom is -0.454 e. The number of nitrogens with zero attached hydrogens (tertiary/aromatic N) is 1. The minimum absolute atomic E-state index is 0. The number of halogens is 1. The molecule has 0 saturated carbocycles. The quantitative estimate of drug-likeness (QED) is 0.382. The number of aryl methyl sites for hydroxylation is 1. The molecule has 3 rings (SSSR count). The van der Waals surface area contributed by atoms with Crippen LogP contribution in [0, 0.1) is 6.92 Å². The summed E-state index contributed by atoms with van der Waals surface area (Å²) in [5, 5.41) is 8.79. The van der Waals surface area contributed by atoms with Crippen LogP contribution in [0.3, 0.4) is 0 Å². The summed E-state index contributed by atoms with van der Waals surface area (Å²) in [5.74, 6) is 2.51. The second kappa shape index (κ2) is 9.86. The summed E-state index contributed by atoms with van der Waals surface area (Å²) in [5.41, 5.74) is 2.52. The topological polar surface area (TPSA) is 54.9 Å². The standard InChI is InChI=1S/C18H23N3O2S.HI/c1-3-19-18(21-11-17-13(2)7-9-24-17)20-8-6-14-4-5-15-16(10-14)23-12-22-15;/h4-5,7,9-10H,3,6,8,11-12H2,1-2H3,(H2,19,20,21);1H. The Morgan fingerprint density at radius 3 is 2.80 bits per heavy atom. The van der Waals surface area contributed by atoms with Crippen LogP contribution in [0.25, 0.3) is 0 Å². The van der Waals surface area contributed by atoms with E-state index in [1.54, 1.807) is 11.3 Å². The number of hydrogen-bond donors (Lipinski definition) is 2. The molecule has 136 valence electrons. The minimum atomic E-state index is 0. The Kier molecular flexibility index (Phi) is 7.83. The van der Waals surface area contributed by atoms with Gasteiger partial charge in [-0.2, -0.15) is 0 Å². The van der Waals surface area contributed by atoms with E-state index in [4.69, 9.17) is 9.47 Å². The van der Waals surface area contributed by atoms with Gasteiger partial charge in [0.15, 0.2) is 17.5 Å². The van der Waals surface area contributed by atoms with Gasteiger partial charge in [0, 0.05) is 18.0 Å². The molecule has 1 aromatic heterocycles. The lowest BCUT2D eigenvalue weighted by Crippen LogP contribution is -2.38. The molecular weight excluding hydrogens is 449 g/mol. The third-order valence-corrected chi connectivity index (χ3v) is 4.84. The molecule has 2 N–H and O–H groups in total. The third kappa shape index (κ3) is 5.50. The van der Waals surface area contributed by atoms with Crippen LogP contribution in [0.4, 0.5) is 0 Å². The van der Waals surface area contributed by atoms with Crippen molar-refractivity contribution in [2.24, 2.45) is 4.99 Å². The second-order valence-corrected chi connectivity index (χ2v) is 6.59. The maximum atomic E-state index is 5.42. The zero-order valence-corrected chi connectivity index (χ0v) is 17.6. The van der Waals surface area contributed by atoms with Crippen molar-refractivity contribution in [3.63, 3.8) is 0 Å². The van der Waals surface area contributed by atoms with E-state index in [0.29, 0.717) is 13.3 Å². The summed E-state index contributed by atoms with van der Waals surface area (Å²) in [6, 6.07) is 8.23. The van der Waals surface area contributed by atoms with Gasteiger partial charge in [-0.1, -0.05) is 6.07 Å². The van der Waals surface area contributed by atoms with Crippen LogP contribution in [0.5, 0.6) is 11.5 Å². The molecule has 5 nitrogen and oxygen atoms in total. The third-order valence-electron chi connectivity index (χ3n) is 3.84. The Labute approximate surface area is 169 Å². The summed E-state index contributed by atoms with van der Waals surface area (Å²) < 4.78 is 10.8.